The van der Waals surface area contributed by atoms with Crippen molar-refractivity contribution in [2.75, 3.05) is 20.8 Å². The van der Waals surface area contributed by atoms with Crippen LogP contribution in [-0.2, 0) is 23.5 Å². The van der Waals surface area contributed by atoms with Gasteiger partial charge in [-0.1, -0.05) is 20.8 Å². The molecule has 0 aromatic carbocycles. The first-order valence-electron chi connectivity index (χ1n) is 7.62. The van der Waals surface area contributed by atoms with Gasteiger partial charge in [-0.05, 0) is 32.0 Å². The third-order valence-electron chi connectivity index (χ3n) is 4.43. The molecular formula is C15H31NO5Si. The molecule has 0 spiro atoms. The van der Waals surface area contributed by atoms with E-state index in [4.69, 9.17) is 18.7 Å². The molecule has 1 aliphatic rings. The minimum atomic E-state index is -1.91. The summed E-state index contributed by atoms with van der Waals surface area (Å²) in [5, 5.41) is 1.26. The summed E-state index contributed by atoms with van der Waals surface area (Å²) in [6.45, 7) is 14.8. The van der Waals surface area contributed by atoms with Crippen molar-refractivity contribution in [2.24, 2.45) is 0 Å². The van der Waals surface area contributed by atoms with Gasteiger partial charge in [0.25, 0.3) is 5.91 Å². The molecule has 1 rings (SSSR count). The third kappa shape index (κ3) is 4.52. The SMILES string of the molecule is CON(C)C(=O)[C@@H]1OC(C)(C)O[C@@H]1CO[Si](C)(C)C(C)(C)C. The topological polar surface area (TPSA) is 57.2 Å². The Balaban J connectivity index is 2.80. The van der Waals surface area contributed by atoms with E-state index in [1.54, 1.807) is 20.9 Å². The fourth-order valence-corrected chi connectivity index (χ4v) is 2.96. The Morgan fingerprint density at radius 1 is 1.27 bits per heavy atom. The van der Waals surface area contributed by atoms with Crippen LogP contribution < -0.4 is 0 Å². The molecule has 1 amide bonds. The van der Waals surface area contributed by atoms with Gasteiger partial charge in [0.15, 0.2) is 20.2 Å². The highest BCUT2D eigenvalue weighted by Crippen LogP contribution is 2.38. The molecule has 0 aromatic rings. The van der Waals surface area contributed by atoms with Gasteiger partial charge < -0.3 is 13.9 Å². The lowest BCUT2D eigenvalue weighted by Crippen LogP contribution is -2.47. The van der Waals surface area contributed by atoms with Crippen molar-refractivity contribution in [3.63, 3.8) is 0 Å². The Kier molecular flexibility index (Phi) is 5.84. The maximum atomic E-state index is 12.3. The summed E-state index contributed by atoms with van der Waals surface area (Å²) in [7, 11) is 1.09. The minimum absolute atomic E-state index is 0.102. The van der Waals surface area contributed by atoms with Crippen LogP contribution in [0.2, 0.25) is 18.1 Å². The lowest BCUT2D eigenvalue weighted by Gasteiger charge is -2.37. The molecule has 7 heteroatoms. The van der Waals surface area contributed by atoms with Gasteiger partial charge in [0.2, 0.25) is 0 Å². The van der Waals surface area contributed by atoms with Crippen molar-refractivity contribution in [3.05, 3.63) is 0 Å². The standard InChI is InChI=1S/C15H31NO5Si/c1-14(2,3)22(8,9)19-10-11-12(13(17)16(6)18-7)21-15(4,5)20-11/h11-12H,10H2,1-9H3/t11-,12-/m1/s1. The monoisotopic (exact) mass is 333 g/mol. The van der Waals surface area contributed by atoms with E-state index in [1.165, 1.54) is 7.11 Å². The van der Waals surface area contributed by atoms with Crippen LogP contribution in [-0.4, -0.2) is 58.0 Å². The van der Waals surface area contributed by atoms with Crippen LogP contribution in [0.5, 0.6) is 0 Å². The molecule has 1 aliphatic heterocycles. The predicted octanol–water partition coefficient (Wildman–Crippen LogP) is 2.55. The number of hydrogen-bond donors (Lipinski definition) is 0. The average Bonchev–Trinajstić information content (AvgIpc) is 2.68. The summed E-state index contributed by atoms with van der Waals surface area (Å²) in [5.41, 5.74) is 0. The number of rotatable bonds is 5. The van der Waals surface area contributed by atoms with E-state index in [0.717, 1.165) is 5.06 Å². The molecule has 0 N–H and O–H groups in total. The van der Waals surface area contributed by atoms with E-state index in [1.807, 2.05) is 0 Å². The summed E-state index contributed by atoms with van der Waals surface area (Å²) in [4.78, 5) is 17.3. The zero-order chi connectivity index (χ0) is 17.3. The molecule has 0 bridgehead atoms. The highest BCUT2D eigenvalue weighted by atomic mass is 28.4. The third-order valence-corrected chi connectivity index (χ3v) is 8.93. The van der Waals surface area contributed by atoms with Crippen molar-refractivity contribution in [2.45, 2.75) is 70.7 Å². The molecule has 0 unspecified atom stereocenters. The molecule has 1 heterocycles. The van der Waals surface area contributed by atoms with Crippen LogP contribution in [0, 0.1) is 0 Å². The summed E-state index contributed by atoms with van der Waals surface area (Å²) >= 11 is 0. The number of likely N-dealkylation sites (N-methyl/N-ethyl adjacent to an activating group) is 1. The van der Waals surface area contributed by atoms with Crippen molar-refractivity contribution < 1.29 is 23.5 Å². The molecule has 6 nitrogen and oxygen atoms in total. The fraction of sp³-hybridized carbons (Fsp3) is 0.933. The lowest BCUT2D eigenvalue weighted by atomic mass is 10.2. The van der Waals surface area contributed by atoms with Gasteiger partial charge in [-0.25, -0.2) is 5.06 Å². The van der Waals surface area contributed by atoms with Gasteiger partial charge in [-0.2, -0.15) is 0 Å². The van der Waals surface area contributed by atoms with E-state index in [0.29, 0.717) is 6.61 Å². The molecular weight excluding hydrogens is 302 g/mol. The number of hydrogen-bond acceptors (Lipinski definition) is 5. The van der Waals surface area contributed by atoms with Gasteiger partial charge in [0.1, 0.15) is 6.10 Å². The summed E-state index contributed by atoms with van der Waals surface area (Å²) in [5.74, 6) is -1.08. The Labute approximate surface area is 135 Å². The Morgan fingerprint density at radius 2 is 1.82 bits per heavy atom. The Hall–Kier alpha value is -0.473. The smallest absolute Gasteiger partial charge is 0.277 e. The van der Waals surface area contributed by atoms with Crippen LogP contribution in [0.15, 0.2) is 0 Å². The van der Waals surface area contributed by atoms with Crippen molar-refractivity contribution >= 4 is 14.2 Å². The van der Waals surface area contributed by atoms with Gasteiger partial charge in [0.05, 0.1) is 13.7 Å². The van der Waals surface area contributed by atoms with Crippen LogP contribution in [0.3, 0.4) is 0 Å². The molecule has 0 radical (unpaired) electrons. The Morgan fingerprint density at radius 3 is 2.27 bits per heavy atom. The summed E-state index contributed by atoms with van der Waals surface area (Å²) in [6, 6.07) is 0. The van der Waals surface area contributed by atoms with E-state index in [2.05, 4.69) is 33.9 Å². The number of nitrogens with zero attached hydrogens (tertiary/aromatic N) is 1. The number of amides is 1. The van der Waals surface area contributed by atoms with Gasteiger partial charge in [0, 0.05) is 7.05 Å². The molecule has 130 valence electrons. The van der Waals surface area contributed by atoms with Gasteiger partial charge in [-0.15, -0.1) is 0 Å². The van der Waals surface area contributed by atoms with Crippen LogP contribution >= 0.6 is 0 Å². The first-order valence-corrected chi connectivity index (χ1v) is 10.5. The molecule has 0 aromatic heterocycles. The molecule has 0 saturated carbocycles. The second-order valence-corrected chi connectivity index (χ2v) is 12.5. The van der Waals surface area contributed by atoms with E-state index >= 15 is 0 Å². The van der Waals surface area contributed by atoms with Crippen LogP contribution in [0.4, 0.5) is 0 Å². The number of carbonyl (C=O) groups is 1. The average molecular weight is 334 g/mol. The first kappa shape index (κ1) is 19.6. The molecule has 1 saturated heterocycles. The zero-order valence-electron chi connectivity index (χ0n) is 15.4. The quantitative estimate of drug-likeness (QED) is 0.572. The van der Waals surface area contributed by atoms with Crippen LogP contribution in [0.1, 0.15) is 34.6 Å². The summed E-state index contributed by atoms with van der Waals surface area (Å²) < 4.78 is 17.8. The van der Waals surface area contributed by atoms with Crippen LogP contribution in [0.25, 0.3) is 0 Å². The predicted molar refractivity (Wildman–Crippen MR) is 86.8 cm³/mol. The highest BCUT2D eigenvalue weighted by molar-refractivity contribution is 6.74. The first-order chi connectivity index (χ1) is 9.81. The largest absolute Gasteiger partial charge is 0.414 e. The minimum Gasteiger partial charge on any atom is -0.414 e. The number of hydroxylamine groups is 2. The molecule has 1 fully saturated rings. The fourth-order valence-electron chi connectivity index (χ4n) is 1.94. The normalized spacial score (nSPS) is 25.3. The van der Waals surface area contributed by atoms with Gasteiger partial charge >= 0.3 is 0 Å². The molecule has 2 atom stereocenters. The highest BCUT2D eigenvalue weighted by Gasteiger charge is 2.48. The van der Waals surface area contributed by atoms with Crippen molar-refractivity contribution in [3.8, 4) is 0 Å². The molecule has 0 aliphatic carbocycles. The van der Waals surface area contributed by atoms with Gasteiger partial charge in [-0.3, -0.25) is 9.63 Å². The second-order valence-electron chi connectivity index (χ2n) is 7.68. The number of ether oxygens (including phenoxy) is 2. The maximum absolute atomic E-state index is 12.3. The van der Waals surface area contributed by atoms with Crippen molar-refractivity contribution in [1.82, 2.24) is 5.06 Å². The van der Waals surface area contributed by atoms with E-state index in [9.17, 15) is 4.79 Å². The van der Waals surface area contributed by atoms with E-state index < -0.39 is 26.3 Å². The summed E-state index contributed by atoms with van der Waals surface area (Å²) in [6.07, 6.45) is -1.15. The maximum Gasteiger partial charge on any atom is 0.277 e. The lowest BCUT2D eigenvalue weighted by molar-refractivity contribution is -0.187. The van der Waals surface area contributed by atoms with Crippen molar-refractivity contribution in [1.29, 1.82) is 0 Å². The number of carbonyl (C=O) groups excluding carboxylic acids is 1. The van der Waals surface area contributed by atoms with E-state index in [-0.39, 0.29) is 10.9 Å². The second kappa shape index (κ2) is 6.57. The Bertz CT molecular complexity index is 405. The molecule has 22 heavy (non-hydrogen) atoms. The zero-order valence-corrected chi connectivity index (χ0v) is 16.4.